The molecule has 2 aromatic carbocycles. The molecular weight excluding hydrogens is 481 g/mol. The van der Waals surface area contributed by atoms with Gasteiger partial charge in [0.1, 0.15) is 17.5 Å². The number of β-amino-alcohol motifs (C(OH)–C–C–N with tert-alkyl or cyclic N) is 1. The number of primary amides is 1. The van der Waals surface area contributed by atoms with E-state index in [-0.39, 0.29) is 35.8 Å². The lowest BCUT2D eigenvalue weighted by atomic mass is 10.0. The van der Waals surface area contributed by atoms with E-state index in [2.05, 4.69) is 10.6 Å². The van der Waals surface area contributed by atoms with Crippen molar-refractivity contribution in [1.82, 2.24) is 14.8 Å². The van der Waals surface area contributed by atoms with Crippen molar-refractivity contribution < 1.29 is 29.0 Å². The summed E-state index contributed by atoms with van der Waals surface area (Å²) in [5.41, 5.74) is 4.60. The van der Waals surface area contributed by atoms with Crippen molar-refractivity contribution in [3.05, 3.63) is 65.1 Å². The summed E-state index contributed by atoms with van der Waals surface area (Å²) in [5, 5.41) is 25.9. The Morgan fingerprint density at radius 1 is 1.20 bits per heavy atom. The average molecular weight is 504 g/mol. The van der Waals surface area contributed by atoms with Gasteiger partial charge in [-0.25, -0.2) is 14.0 Å². The number of anilines is 1. The molecule has 0 aliphatic carbocycles. The van der Waals surface area contributed by atoms with Crippen molar-refractivity contribution in [3.63, 3.8) is 0 Å². The monoisotopic (exact) mass is 503 g/mol. The fraction of sp³-hybridized carbons (Fsp3) is 0.261. The Balaban J connectivity index is 1.55. The number of nitrogens with one attached hydrogen (secondary N) is 2. The number of carbonyl (C=O) groups excluding carboxylic acids is 3. The summed E-state index contributed by atoms with van der Waals surface area (Å²) < 4.78 is 15.3. The summed E-state index contributed by atoms with van der Waals surface area (Å²) in [4.78, 5) is 39.0. The van der Waals surface area contributed by atoms with E-state index in [0.29, 0.717) is 10.9 Å². The van der Waals surface area contributed by atoms with Gasteiger partial charge in [-0.1, -0.05) is 41.9 Å². The Morgan fingerprint density at radius 2 is 1.94 bits per heavy atom. The molecule has 35 heavy (non-hydrogen) atoms. The number of urea groups is 1. The Morgan fingerprint density at radius 3 is 2.66 bits per heavy atom. The number of hydrogen-bond acceptors (Lipinski definition) is 5. The Hall–Kier alpha value is -3.67. The molecule has 2 atom stereocenters. The van der Waals surface area contributed by atoms with Gasteiger partial charge in [-0.15, -0.1) is 0 Å². The minimum absolute atomic E-state index is 0.0941. The van der Waals surface area contributed by atoms with Crippen molar-refractivity contribution in [3.8, 4) is 0 Å². The molecule has 0 saturated carbocycles. The number of likely N-dealkylation sites (tertiary alicyclic amines) is 1. The zero-order valence-corrected chi connectivity index (χ0v) is 19.1. The Labute approximate surface area is 204 Å². The zero-order chi connectivity index (χ0) is 25.3. The van der Waals surface area contributed by atoms with Crippen LogP contribution in [-0.4, -0.2) is 62.4 Å². The first kappa shape index (κ1) is 24.5. The molecule has 6 N–H and O–H groups in total. The molecule has 1 aliphatic rings. The number of nitrogens with two attached hydrogens (primary N) is 1. The van der Waals surface area contributed by atoms with Crippen molar-refractivity contribution in [2.45, 2.75) is 24.6 Å². The fourth-order valence-corrected chi connectivity index (χ4v) is 4.35. The van der Waals surface area contributed by atoms with E-state index >= 15 is 0 Å². The number of amides is 4. The van der Waals surface area contributed by atoms with E-state index in [1.807, 2.05) is 0 Å². The maximum atomic E-state index is 14.2. The van der Waals surface area contributed by atoms with Crippen molar-refractivity contribution >= 4 is 46.2 Å². The van der Waals surface area contributed by atoms with Crippen LogP contribution in [0.15, 0.2) is 48.7 Å². The predicted octanol–water partition coefficient (Wildman–Crippen LogP) is 2.01. The number of rotatable bonds is 5. The predicted molar refractivity (Wildman–Crippen MR) is 126 cm³/mol. The number of benzene rings is 2. The average Bonchev–Trinajstić information content (AvgIpc) is 3.39. The quantitative estimate of drug-likeness (QED) is 0.361. The van der Waals surface area contributed by atoms with Gasteiger partial charge in [-0.05, 0) is 12.1 Å². The van der Waals surface area contributed by atoms with Crippen LogP contribution in [0, 0.1) is 5.82 Å². The molecule has 1 saturated heterocycles. The molecule has 2 heterocycles. The third-order valence-electron chi connectivity index (χ3n) is 5.95. The third kappa shape index (κ3) is 4.78. The number of fused-ring (bicyclic) bond motifs is 1. The molecular formula is C23H23ClFN5O5. The molecule has 1 aromatic heterocycles. The van der Waals surface area contributed by atoms with E-state index < -0.39 is 42.0 Å². The lowest BCUT2D eigenvalue weighted by Gasteiger charge is -2.24. The number of para-hydroxylation sites is 1. The van der Waals surface area contributed by atoms with E-state index in [4.69, 9.17) is 17.3 Å². The second-order valence-electron chi connectivity index (χ2n) is 8.36. The first-order valence-electron chi connectivity index (χ1n) is 10.6. The molecule has 1 fully saturated rings. The van der Waals surface area contributed by atoms with Gasteiger partial charge in [0, 0.05) is 30.1 Å². The van der Waals surface area contributed by atoms with Crippen LogP contribution in [0.1, 0.15) is 12.0 Å². The standard InChI is InChI=1S/C23H23ClFN5O5/c24-15-6-3-4-13(19(15)25)9-27-20(32)18-8-23(35,12-31)11-30(18)22(34)28-16-10-29(21(26)33)17-7-2-1-5-14(16)17/h1-7,10,18,31,35H,8-9,11-12H2,(H2,26,33)(H,27,32)(H,28,34)/t18-,23-/m0/s1. The number of aromatic nitrogens is 1. The van der Waals surface area contributed by atoms with Gasteiger partial charge >= 0.3 is 12.1 Å². The lowest BCUT2D eigenvalue weighted by Crippen LogP contribution is -2.47. The summed E-state index contributed by atoms with van der Waals surface area (Å²) >= 11 is 5.78. The van der Waals surface area contributed by atoms with Crippen LogP contribution in [0.5, 0.6) is 0 Å². The second-order valence-corrected chi connectivity index (χ2v) is 8.77. The fourth-order valence-electron chi connectivity index (χ4n) is 4.16. The summed E-state index contributed by atoms with van der Waals surface area (Å²) in [6.45, 7) is -1.20. The molecule has 0 spiro atoms. The number of halogens is 2. The van der Waals surface area contributed by atoms with Gasteiger partial charge in [0.05, 0.1) is 29.4 Å². The molecule has 0 unspecified atom stereocenters. The number of hydrogen-bond donors (Lipinski definition) is 5. The highest BCUT2D eigenvalue weighted by Crippen LogP contribution is 2.30. The maximum Gasteiger partial charge on any atom is 0.323 e. The first-order chi connectivity index (χ1) is 16.6. The highest BCUT2D eigenvalue weighted by molar-refractivity contribution is 6.30. The van der Waals surface area contributed by atoms with Crippen LogP contribution >= 0.6 is 11.6 Å². The van der Waals surface area contributed by atoms with Crippen LogP contribution in [0.25, 0.3) is 10.9 Å². The van der Waals surface area contributed by atoms with E-state index in [1.165, 1.54) is 29.0 Å². The molecule has 4 amide bonds. The maximum absolute atomic E-state index is 14.2. The van der Waals surface area contributed by atoms with E-state index in [9.17, 15) is 29.0 Å². The van der Waals surface area contributed by atoms with E-state index in [0.717, 1.165) is 4.90 Å². The van der Waals surface area contributed by atoms with Crippen molar-refractivity contribution in [1.29, 1.82) is 0 Å². The normalized spacial score (nSPS) is 19.7. The highest BCUT2D eigenvalue weighted by atomic mass is 35.5. The van der Waals surface area contributed by atoms with Gasteiger partial charge in [0.2, 0.25) is 5.91 Å². The van der Waals surface area contributed by atoms with E-state index in [1.54, 1.807) is 24.3 Å². The largest absolute Gasteiger partial charge is 0.393 e. The van der Waals surface area contributed by atoms with Gasteiger partial charge in [0.25, 0.3) is 0 Å². The number of carbonyl (C=O) groups is 3. The first-order valence-corrected chi connectivity index (χ1v) is 11.0. The van der Waals surface area contributed by atoms with Gasteiger partial charge in [-0.3, -0.25) is 9.36 Å². The molecule has 4 rings (SSSR count). The summed E-state index contributed by atoms with van der Waals surface area (Å²) in [6, 6.07) is 8.49. The molecule has 184 valence electrons. The van der Waals surface area contributed by atoms with Gasteiger partial charge < -0.3 is 31.5 Å². The molecule has 0 bridgehead atoms. The topological polar surface area (TPSA) is 150 Å². The van der Waals surface area contributed by atoms with Crippen LogP contribution in [-0.2, 0) is 11.3 Å². The van der Waals surface area contributed by atoms with Crippen LogP contribution in [0.3, 0.4) is 0 Å². The van der Waals surface area contributed by atoms with Crippen molar-refractivity contribution in [2.75, 3.05) is 18.5 Å². The number of aliphatic hydroxyl groups is 2. The molecule has 1 aliphatic heterocycles. The number of aliphatic hydroxyl groups excluding tert-OH is 1. The lowest BCUT2D eigenvalue weighted by molar-refractivity contribution is -0.125. The highest BCUT2D eigenvalue weighted by Gasteiger charge is 2.47. The summed E-state index contributed by atoms with van der Waals surface area (Å²) in [5.74, 6) is -1.32. The Bertz CT molecular complexity index is 1310. The number of nitrogens with zero attached hydrogens (tertiary/aromatic N) is 2. The minimum atomic E-state index is -1.71. The smallest absolute Gasteiger partial charge is 0.323 e. The third-order valence-corrected chi connectivity index (χ3v) is 6.24. The minimum Gasteiger partial charge on any atom is -0.393 e. The van der Waals surface area contributed by atoms with Gasteiger partial charge in [-0.2, -0.15) is 0 Å². The molecule has 12 heteroatoms. The van der Waals surface area contributed by atoms with Crippen LogP contribution < -0.4 is 16.4 Å². The van der Waals surface area contributed by atoms with Crippen LogP contribution in [0.4, 0.5) is 19.7 Å². The zero-order valence-electron chi connectivity index (χ0n) is 18.4. The summed E-state index contributed by atoms with van der Waals surface area (Å²) in [7, 11) is 0. The molecule has 3 aromatic rings. The SMILES string of the molecule is NC(=O)n1cc(NC(=O)N2C[C@](O)(CO)C[C@H]2C(=O)NCc2cccc(Cl)c2F)c2ccccc21. The van der Waals surface area contributed by atoms with Crippen molar-refractivity contribution in [2.24, 2.45) is 5.73 Å². The summed E-state index contributed by atoms with van der Waals surface area (Å²) in [6.07, 6.45) is 1.13. The second kappa shape index (κ2) is 9.53. The molecule has 0 radical (unpaired) electrons. The molecule has 10 nitrogen and oxygen atoms in total. The Kier molecular flexibility index (Phi) is 6.66. The van der Waals surface area contributed by atoms with Crippen LogP contribution in [0.2, 0.25) is 5.02 Å². The van der Waals surface area contributed by atoms with Gasteiger partial charge in [0.15, 0.2) is 0 Å².